The number of phenols is 1. The monoisotopic (exact) mass is 301 g/mol. The Hall–Kier alpha value is -2.53. The molecule has 0 heterocycles. The molecule has 2 rings (SSSR count). The van der Waals surface area contributed by atoms with E-state index in [2.05, 4.69) is 5.32 Å². The molecule has 0 saturated carbocycles. The van der Waals surface area contributed by atoms with Crippen LogP contribution in [0.3, 0.4) is 0 Å². The molecule has 5 nitrogen and oxygen atoms in total. The molecule has 1 amide bonds. The molecule has 1 atom stereocenters. The molecule has 0 radical (unpaired) electrons. The standard InChI is InChI=1S/C17H19NO4/c1-22-15-9-5-8-14(16(15)20)17(21)18-13(11-19)10-12-6-3-2-4-7-12/h2-9,13,19-20H,10-11H2,1H3,(H,18,21)/t13-/m0/s1. The van der Waals surface area contributed by atoms with Crippen molar-refractivity contribution in [2.24, 2.45) is 0 Å². The summed E-state index contributed by atoms with van der Waals surface area (Å²) in [4.78, 5) is 12.3. The highest BCUT2D eigenvalue weighted by atomic mass is 16.5. The van der Waals surface area contributed by atoms with Crippen molar-refractivity contribution in [1.82, 2.24) is 5.32 Å². The van der Waals surface area contributed by atoms with E-state index in [1.54, 1.807) is 12.1 Å². The first kappa shape index (κ1) is 15.9. The zero-order valence-corrected chi connectivity index (χ0v) is 12.3. The summed E-state index contributed by atoms with van der Waals surface area (Å²) in [5.74, 6) is -0.429. The van der Waals surface area contributed by atoms with Gasteiger partial charge in [0.15, 0.2) is 11.5 Å². The number of aliphatic hydroxyl groups excluding tert-OH is 1. The van der Waals surface area contributed by atoms with E-state index >= 15 is 0 Å². The number of ether oxygens (including phenoxy) is 1. The van der Waals surface area contributed by atoms with Gasteiger partial charge in [0.05, 0.1) is 25.3 Å². The van der Waals surface area contributed by atoms with Crippen molar-refractivity contribution in [3.63, 3.8) is 0 Å². The Kier molecular flexibility index (Phi) is 5.38. The highest BCUT2D eigenvalue weighted by Crippen LogP contribution is 2.29. The smallest absolute Gasteiger partial charge is 0.255 e. The van der Waals surface area contributed by atoms with Crippen LogP contribution in [0.5, 0.6) is 11.5 Å². The third kappa shape index (κ3) is 3.77. The van der Waals surface area contributed by atoms with Crippen LogP contribution in [0.1, 0.15) is 15.9 Å². The maximum atomic E-state index is 12.3. The lowest BCUT2D eigenvalue weighted by molar-refractivity contribution is 0.0913. The highest BCUT2D eigenvalue weighted by molar-refractivity contribution is 5.97. The van der Waals surface area contributed by atoms with Gasteiger partial charge in [0.2, 0.25) is 0 Å². The molecule has 116 valence electrons. The van der Waals surface area contributed by atoms with Gasteiger partial charge in [-0.25, -0.2) is 0 Å². The summed E-state index contributed by atoms with van der Waals surface area (Å²) >= 11 is 0. The van der Waals surface area contributed by atoms with Crippen LogP contribution in [-0.2, 0) is 6.42 Å². The first-order valence-electron chi connectivity index (χ1n) is 6.97. The molecule has 22 heavy (non-hydrogen) atoms. The summed E-state index contributed by atoms with van der Waals surface area (Å²) in [5.41, 5.74) is 1.13. The Morgan fingerprint density at radius 1 is 1.18 bits per heavy atom. The van der Waals surface area contributed by atoms with Crippen LogP contribution in [-0.4, -0.2) is 35.9 Å². The molecule has 2 aromatic carbocycles. The number of hydrogen-bond donors (Lipinski definition) is 3. The van der Waals surface area contributed by atoms with Crippen molar-refractivity contribution in [2.75, 3.05) is 13.7 Å². The van der Waals surface area contributed by atoms with E-state index in [4.69, 9.17) is 4.74 Å². The maximum absolute atomic E-state index is 12.3. The number of aromatic hydroxyl groups is 1. The molecule has 0 aromatic heterocycles. The van der Waals surface area contributed by atoms with Gasteiger partial charge in [-0.3, -0.25) is 4.79 Å². The summed E-state index contributed by atoms with van der Waals surface area (Å²) in [6.45, 7) is -0.189. The second-order valence-corrected chi connectivity index (χ2v) is 4.90. The minimum atomic E-state index is -0.452. The summed E-state index contributed by atoms with van der Waals surface area (Å²) in [6, 6.07) is 13.8. The normalized spacial score (nSPS) is 11.7. The second-order valence-electron chi connectivity index (χ2n) is 4.90. The molecular formula is C17H19NO4. The number of amides is 1. The molecule has 0 aliphatic rings. The largest absolute Gasteiger partial charge is 0.504 e. The Morgan fingerprint density at radius 2 is 1.91 bits per heavy atom. The van der Waals surface area contributed by atoms with E-state index in [-0.39, 0.29) is 23.7 Å². The molecule has 0 saturated heterocycles. The number of methoxy groups -OCH3 is 1. The number of hydrogen-bond acceptors (Lipinski definition) is 4. The first-order valence-corrected chi connectivity index (χ1v) is 6.97. The molecule has 0 bridgehead atoms. The quantitative estimate of drug-likeness (QED) is 0.759. The van der Waals surface area contributed by atoms with Gasteiger partial charge in [-0.05, 0) is 24.1 Å². The lowest BCUT2D eigenvalue weighted by atomic mass is 10.1. The van der Waals surface area contributed by atoms with E-state index < -0.39 is 11.9 Å². The molecule has 0 unspecified atom stereocenters. The SMILES string of the molecule is COc1cccc(C(=O)N[C@H](CO)Cc2ccccc2)c1O. The molecule has 5 heteroatoms. The van der Waals surface area contributed by atoms with Crippen LogP contribution in [0, 0.1) is 0 Å². The zero-order valence-electron chi connectivity index (χ0n) is 12.3. The fourth-order valence-electron chi connectivity index (χ4n) is 2.19. The second kappa shape index (κ2) is 7.47. The summed E-state index contributed by atoms with van der Waals surface area (Å²) < 4.78 is 4.98. The van der Waals surface area contributed by atoms with Gasteiger partial charge in [0.1, 0.15) is 0 Å². The molecule has 3 N–H and O–H groups in total. The van der Waals surface area contributed by atoms with Crippen molar-refractivity contribution in [1.29, 1.82) is 0 Å². The number of phenolic OH excluding ortho intramolecular Hbond substituents is 1. The predicted octanol–water partition coefficient (Wildman–Crippen LogP) is 1.73. The minimum absolute atomic E-state index is 0.117. The van der Waals surface area contributed by atoms with E-state index in [0.717, 1.165) is 5.56 Å². The van der Waals surface area contributed by atoms with Crippen molar-refractivity contribution >= 4 is 5.91 Å². The van der Waals surface area contributed by atoms with Crippen LogP contribution < -0.4 is 10.1 Å². The molecule has 0 spiro atoms. The predicted molar refractivity (Wildman–Crippen MR) is 83.1 cm³/mol. The number of carbonyl (C=O) groups is 1. The summed E-state index contributed by atoms with van der Waals surface area (Å²) in [6.07, 6.45) is 0.508. The number of nitrogens with one attached hydrogen (secondary N) is 1. The lowest BCUT2D eigenvalue weighted by Crippen LogP contribution is -2.39. The number of benzene rings is 2. The average molecular weight is 301 g/mol. The van der Waals surface area contributed by atoms with Gasteiger partial charge in [0.25, 0.3) is 5.91 Å². The Labute approximate surface area is 129 Å². The Balaban J connectivity index is 2.09. The van der Waals surface area contributed by atoms with Crippen molar-refractivity contribution in [2.45, 2.75) is 12.5 Å². The fraction of sp³-hybridized carbons (Fsp3) is 0.235. The van der Waals surface area contributed by atoms with Gasteiger partial charge < -0.3 is 20.3 Å². The molecular weight excluding hydrogens is 282 g/mol. The average Bonchev–Trinajstić information content (AvgIpc) is 2.55. The number of aliphatic hydroxyl groups is 1. The first-order chi connectivity index (χ1) is 10.7. The summed E-state index contributed by atoms with van der Waals surface area (Å²) in [5, 5.41) is 22.2. The highest BCUT2D eigenvalue weighted by Gasteiger charge is 2.18. The van der Waals surface area contributed by atoms with Crippen molar-refractivity contribution < 1.29 is 19.7 Å². The van der Waals surface area contributed by atoms with Crippen LogP contribution >= 0.6 is 0 Å². The lowest BCUT2D eigenvalue weighted by Gasteiger charge is -2.17. The van der Waals surface area contributed by atoms with E-state index in [1.807, 2.05) is 30.3 Å². The Morgan fingerprint density at radius 3 is 2.55 bits per heavy atom. The van der Waals surface area contributed by atoms with Crippen LogP contribution in [0.4, 0.5) is 0 Å². The molecule has 0 aliphatic carbocycles. The van der Waals surface area contributed by atoms with E-state index in [0.29, 0.717) is 6.42 Å². The number of carbonyl (C=O) groups excluding carboxylic acids is 1. The van der Waals surface area contributed by atoms with Gasteiger partial charge in [-0.2, -0.15) is 0 Å². The number of rotatable bonds is 6. The van der Waals surface area contributed by atoms with Gasteiger partial charge in [0, 0.05) is 0 Å². The third-order valence-electron chi connectivity index (χ3n) is 3.34. The van der Waals surface area contributed by atoms with Crippen LogP contribution in [0.15, 0.2) is 48.5 Å². The van der Waals surface area contributed by atoms with Crippen LogP contribution in [0.25, 0.3) is 0 Å². The number of para-hydroxylation sites is 1. The topological polar surface area (TPSA) is 78.8 Å². The summed E-state index contributed by atoms with van der Waals surface area (Å²) in [7, 11) is 1.42. The zero-order chi connectivity index (χ0) is 15.9. The third-order valence-corrected chi connectivity index (χ3v) is 3.34. The van der Waals surface area contributed by atoms with E-state index in [1.165, 1.54) is 13.2 Å². The van der Waals surface area contributed by atoms with Gasteiger partial charge in [-0.1, -0.05) is 36.4 Å². The van der Waals surface area contributed by atoms with Crippen molar-refractivity contribution in [3.05, 3.63) is 59.7 Å². The molecule has 0 fully saturated rings. The Bertz CT molecular complexity index is 628. The van der Waals surface area contributed by atoms with Crippen molar-refractivity contribution in [3.8, 4) is 11.5 Å². The van der Waals surface area contributed by atoms with Crippen LogP contribution in [0.2, 0.25) is 0 Å². The fourth-order valence-corrected chi connectivity index (χ4v) is 2.19. The minimum Gasteiger partial charge on any atom is -0.504 e. The van der Waals surface area contributed by atoms with Gasteiger partial charge >= 0.3 is 0 Å². The maximum Gasteiger partial charge on any atom is 0.255 e. The van der Waals surface area contributed by atoms with Gasteiger partial charge in [-0.15, -0.1) is 0 Å². The molecule has 2 aromatic rings. The van der Waals surface area contributed by atoms with E-state index in [9.17, 15) is 15.0 Å². The molecule has 0 aliphatic heterocycles.